The molecule has 0 spiro atoms. The molecule has 2 saturated heterocycles. The largest absolute Gasteiger partial charge is 0.476 e. The van der Waals surface area contributed by atoms with E-state index in [0.717, 1.165) is 19.6 Å². The first-order valence-corrected chi connectivity index (χ1v) is 7.72. The smallest absolute Gasteiger partial charge is 0.213 e. The van der Waals surface area contributed by atoms with Crippen molar-refractivity contribution < 1.29 is 9.47 Å². The van der Waals surface area contributed by atoms with Crippen LogP contribution >= 0.6 is 0 Å². The van der Waals surface area contributed by atoms with E-state index in [0.29, 0.717) is 18.5 Å². The third kappa shape index (κ3) is 4.14. The number of rotatable bonds is 6. The lowest BCUT2D eigenvalue weighted by molar-refractivity contribution is 0.0229. The Morgan fingerprint density at radius 2 is 2.29 bits per heavy atom. The van der Waals surface area contributed by atoms with Crippen LogP contribution in [-0.2, 0) is 4.74 Å². The molecule has 4 atom stereocenters. The Labute approximate surface area is 125 Å². The van der Waals surface area contributed by atoms with E-state index in [4.69, 9.17) is 15.2 Å². The molecule has 3 heterocycles. The van der Waals surface area contributed by atoms with Gasteiger partial charge in [-0.1, -0.05) is 6.07 Å². The Balaban J connectivity index is 1.47. The standard InChI is InChI=1S/C15H24N4O2/c16-14-8-13(20-9-11-4-3-7-17-11)12(19-14)10-21-15-5-1-2-6-18-15/h1-2,5-6,11-14,17,19H,3-4,7-10,16H2/t11-,12-,13?,14?/m0/s1. The number of nitrogens with two attached hydrogens (primary N) is 1. The highest BCUT2D eigenvalue weighted by atomic mass is 16.5. The van der Waals surface area contributed by atoms with E-state index >= 15 is 0 Å². The summed E-state index contributed by atoms with van der Waals surface area (Å²) in [5.41, 5.74) is 5.99. The van der Waals surface area contributed by atoms with Crippen molar-refractivity contribution in [3.63, 3.8) is 0 Å². The van der Waals surface area contributed by atoms with Gasteiger partial charge in [0.2, 0.25) is 5.88 Å². The van der Waals surface area contributed by atoms with Gasteiger partial charge in [0.25, 0.3) is 0 Å². The third-order valence-corrected chi connectivity index (χ3v) is 4.09. The maximum absolute atomic E-state index is 6.05. The Morgan fingerprint density at radius 1 is 1.33 bits per heavy atom. The monoisotopic (exact) mass is 292 g/mol. The van der Waals surface area contributed by atoms with Gasteiger partial charge < -0.3 is 20.5 Å². The summed E-state index contributed by atoms with van der Waals surface area (Å²) >= 11 is 0. The van der Waals surface area contributed by atoms with E-state index in [2.05, 4.69) is 15.6 Å². The molecule has 0 aromatic carbocycles. The van der Waals surface area contributed by atoms with Crippen LogP contribution in [0, 0.1) is 0 Å². The van der Waals surface area contributed by atoms with E-state index in [1.807, 2.05) is 18.2 Å². The molecule has 2 aliphatic rings. The fraction of sp³-hybridized carbons (Fsp3) is 0.667. The molecule has 1 aromatic heterocycles. The van der Waals surface area contributed by atoms with Gasteiger partial charge in [0, 0.05) is 24.7 Å². The molecule has 4 N–H and O–H groups in total. The van der Waals surface area contributed by atoms with Crippen molar-refractivity contribution in [1.29, 1.82) is 0 Å². The van der Waals surface area contributed by atoms with Crippen LogP contribution in [0.3, 0.4) is 0 Å². The zero-order chi connectivity index (χ0) is 14.5. The normalized spacial score (nSPS) is 32.4. The van der Waals surface area contributed by atoms with Crippen LogP contribution in [0.15, 0.2) is 24.4 Å². The number of hydrogen-bond acceptors (Lipinski definition) is 6. The molecule has 116 valence electrons. The molecule has 1 aromatic rings. The summed E-state index contributed by atoms with van der Waals surface area (Å²) in [6.07, 6.45) is 5.06. The fourth-order valence-corrected chi connectivity index (χ4v) is 2.95. The van der Waals surface area contributed by atoms with E-state index < -0.39 is 0 Å². The van der Waals surface area contributed by atoms with Crippen molar-refractivity contribution in [1.82, 2.24) is 15.6 Å². The number of nitrogens with one attached hydrogen (secondary N) is 2. The van der Waals surface area contributed by atoms with Crippen LogP contribution in [0.5, 0.6) is 5.88 Å². The van der Waals surface area contributed by atoms with Crippen LogP contribution in [0.25, 0.3) is 0 Å². The van der Waals surface area contributed by atoms with Gasteiger partial charge in [-0.15, -0.1) is 0 Å². The third-order valence-electron chi connectivity index (χ3n) is 4.09. The highest BCUT2D eigenvalue weighted by molar-refractivity contribution is 5.09. The first-order valence-electron chi connectivity index (χ1n) is 7.72. The quantitative estimate of drug-likeness (QED) is 0.697. The Hall–Kier alpha value is -1.21. The van der Waals surface area contributed by atoms with Crippen LogP contribution in [0.2, 0.25) is 0 Å². The summed E-state index contributed by atoms with van der Waals surface area (Å²) in [4.78, 5) is 4.16. The molecule has 0 saturated carbocycles. The molecule has 6 nitrogen and oxygen atoms in total. The van der Waals surface area contributed by atoms with Crippen molar-refractivity contribution in [3.8, 4) is 5.88 Å². The van der Waals surface area contributed by atoms with Crippen molar-refractivity contribution in [3.05, 3.63) is 24.4 Å². The first kappa shape index (κ1) is 14.7. The summed E-state index contributed by atoms with van der Waals surface area (Å²) in [5.74, 6) is 0.635. The average Bonchev–Trinajstić information content (AvgIpc) is 3.13. The Kier molecular flexibility index (Phi) is 5.03. The summed E-state index contributed by atoms with van der Waals surface area (Å²) in [6.45, 7) is 2.37. The molecule has 0 bridgehead atoms. The average molecular weight is 292 g/mol. The maximum atomic E-state index is 6.05. The molecule has 3 rings (SSSR count). The van der Waals surface area contributed by atoms with Gasteiger partial charge in [-0.3, -0.25) is 5.32 Å². The van der Waals surface area contributed by atoms with E-state index in [1.165, 1.54) is 12.8 Å². The van der Waals surface area contributed by atoms with Gasteiger partial charge in [0.15, 0.2) is 0 Å². The second-order valence-electron chi connectivity index (χ2n) is 5.76. The van der Waals surface area contributed by atoms with E-state index in [1.54, 1.807) is 6.20 Å². The zero-order valence-corrected chi connectivity index (χ0v) is 12.2. The Bertz CT molecular complexity index is 425. The van der Waals surface area contributed by atoms with Crippen LogP contribution in [0.4, 0.5) is 0 Å². The SMILES string of the molecule is NC1CC(OC[C@@H]2CCCN2)[C@H](COc2ccccn2)N1. The number of nitrogens with zero attached hydrogens (tertiary/aromatic N) is 1. The first-order chi connectivity index (χ1) is 10.3. The highest BCUT2D eigenvalue weighted by Gasteiger charge is 2.33. The molecular weight excluding hydrogens is 268 g/mol. The summed E-state index contributed by atoms with van der Waals surface area (Å²) in [7, 11) is 0. The van der Waals surface area contributed by atoms with Crippen molar-refractivity contribution in [2.75, 3.05) is 19.8 Å². The predicted octanol–water partition coefficient (Wildman–Crippen LogP) is 0.244. The molecule has 6 heteroatoms. The second-order valence-corrected chi connectivity index (χ2v) is 5.76. The number of aromatic nitrogens is 1. The van der Waals surface area contributed by atoms with Crippen molar-refractivity contribution >= 4 is 0 Å². The Morgan fingerprint density at radius 3 is 3.05 bits per heavy atom. The fourth-order valence-electron chi connectivity index (χ4n) is 2.95. The molecule has 0 aliphatic carbocycles. The van der Waals surface area contributed by atoms with Crippen molar-refractivity contribution in [2.45, 2.75) is 43.6 Å². The van der Waals surface area contributed by atoms with E-state index in [9.17, 15) is 0 Å². The van der Waals surface area contributed by atoms with Crippen LogP contribution < -0.4 is 21.1 Å². The summed E-state index contributed by atoms with van der Waals surface area (Å²) < 4.78 is 11.8. The topological polar surface area (TPSA) is 81.4 Å². The number of hydrogen-bond donors (Lipinski definition) is 3. The molecule has 2 aliphatic heterocycles. The van der Waals surface area contributed by atoms with Gasteiger partial charge in [-0.05, 0) is 25.5 Å². The van der Waals surface area contributed by atoms with Gasteiger partial charge in [0.05, 0.1) is 24.9 Å². The van der Waals surface area contributed by atoms with Crippen molar-refractivity contribution in [2.24, 2.45) is 5.73 Å². The molecule has 0 radical (unpaired) electrons. The summed E-state index contributed by atoms with van der Waals surface area (Å²) in [5, 5.41) is 6.78. The van der Waals surface area contributed by atoms with Gasteiger partial charge >= 0.3 is 0 Å². The predicted molar refractivity (Wildman–Crippen MR) is 80.0 cm³/mol. The lowest BCUT2D eigenvalue weighted by Gasteiger charge is -2.21. The molecule has 2 unspecified atom stereocenters. The zero-order valence-electron chi connectivity index (χ0n) is 12.2. The van der Waals surface area contributed by atoms with Crippen LogP contribution in [0.1, 0.15) is 19.3 Å². The second kappa shape index (κ2) is 7.17. The van der Waals surface area contributed by atoms with Gasteiger partial charge in [-0.2, -0.15) is 0 Å². The van der Waals surface area contributed by atoms with Gasteiger partial charge in [-0.25, -0.2) is 4.98 Å². The highest BCUT2D eigenvalue weighted by Crippen LogP contribution is 2.17. The van der Waals surface area contributed by atoms with Gasteiger partial charge in [0.1, 0.15) is 6.61 Å². The lowest BCUT2D eigenvalue weighted by atomic mass is 10.1. The molecule has 2 fully saturated rings. The maximum Gasteiger partial charge on any atom is 0.213 e. The molecule has 21 heavy (non-hydrogen) atoms. The minimum atomic E-state index is -0.0242. The minimum absolute atomic E-state index is 0.0242. The molecule has 0 amide bonds. The van der Waals surface area contributed by atoms with Crippen LogP contribution in [-0.4, -0.2) is 49.1 Å². The number of pyridine rings is 1. The minimum Gasteiger partial charge on any atom is -0.476 e. The summed E-state index contributed by atoms with van der Waals surface area (Å²) in [6, 6.07) is 6.24. The lowest BCUT2D eigenvalue weighted by Crippen LogP contribution is -2.42. The molecular formula is C15H24N4O2. The number of ether oxygens (including phenoxy) is 2. The van der Waals surface area contributed by atoms with E-state index in [-0.39, 0.29) is 18.3 Å².